The quantitative estimate of drug-likeness (QED) is 0.0421. The molecular weight excluding hydrogens is 552 g/mol. The zero-order valence-corrected chi connectivity index (χ0v) is 25.5. The van der Waals surface area contributed by atoms with E-state index in [1.54, 1.807) is 18.0 Å². The second-order valence-electron chi connectivity index (χ2n) is 10.5. The standard InChI is InChI=1S/C31H48N6O6/c1-25(11-14-29(38)37(2)17-19-42-21-23-43-22-20-41-18-16-34-36-32)27(24-30(39)40)8-5-3-4-6-10-28-13-12-26-9-7-15-33-31(26)35-28/h11-14,27H,1,3-10,15-24H2,2H3,(H,33,35)(H,39,40)/b14-11-/t27-/m1/s1. The fraction of sp³-hybridized carbons (Fsp3) is 0.645. The topological polar surface area (TPSA) is 159 Å². The molecule has 0 saturated heterocycles. The number of hydrogen-bond acceptors (Lipinski definition) is 8. The van der Waals surface area contributed by atoms with E-state index in [-0.39, 0.29) is 18.2 Å². The second-order valence-corrected chi connectivity index (χ2v) is 10.5. The van der Waals surface area contributed by atoms with Gasteiger partial charge in [0.1, 0.15) is 5.82 Å². The highest BCUT2D eigenvalue weighted by molar-refractivity contribution is 5.87. The number of ether oxygens (including phenoxy) is 3. The van der Waals surface area contributed by atoms with Crippen molar-refractivity contribution in [3.63, 3.8) is 0 Å². The van der Waals surface area contributed by atoms with Crippen LogP contribution in [0.2, 0.25) is 0 Å². The summed E-state index contributed by atoms with van der Waals surface area (Å²) in [6, 6.07) is 4.32. The first-order chi connectivity index (χ1) is 20.9. The summed E-state index contributed by atoms with van der Waals surface area (Å²) in [6.07, 6.45) is 11.0. The van der Waals surface area contributed by atoms with Crippen molar-refractivity contribution in [3.05, 3.63) is 58.1 Å². The average molecular weight is 601 g/mol. The first-order valence-electron chi connectivity index (χ1n) is 15.2. The Kier molecular flexibility index (Phi) is 18.4. The Balaban J connectivity index is 1.58. The molecule has 2 N–H and O–H groups in total. The number of carbonyl (C=O) groups excluding carboxylic acids is 1. The van der Waals surface area contributed by atoms with E-state index in [0.29, 0.717) is 58.3 Å². The van der Waals surface area contributed by atoms with Gasteiger partial charge < -0.3 is 29.5 Å². The lowest BCUT2D eigenvalue weighted by Crippen LogP contribution is -2.29. The average Bonchev–Trinajstić information content (AvgIpc) is 3.00. The highest BCUT2D eigenvalue weighted by Gasteiger charge is 2.16. The lowest BCUT2D eigenvalue weighted by atomic mass is 9.90. The minimum Gasteiger partial charge on any atom is -0.481 e. The van der Waals surface area contributed by atoms with Crippen LogP contribution in [0.5, 0.6) is 0 Å². The maximum absolute atomic E-state index is 12.5. The van der Waals surface area contributed by atoms with Gasteiger partial charge in [-0.3, -0.25) is 9.59 Å². The molecule has 0 aliphatic carbocycles. The number of rotatable bonds is 24. The smallest absolute Gasteiger partial charge is 0.303 e. The van der Waals surface area contributed by atoms with Crippen molar-refractivity contribution < 1.29 is 28.9 Å². The normalized spacial score (nSPS) is 13.1. The Hall–Kier alpha value is -3.44. The molecule has 12 heteroatoms. The summed E-state index contributed by atoms with van der Waals surface area (Å²) in [5.74, 6) is -0.237. The lowest BCUT2D eigenvalue weighted by molar-refractivity contribution is -0.137. The van der Waals surface area contributed by atoms with Gasteiger partial charge in [-0.15, -0.1) is 0 Å². The number of nitrogens with zero attached hydrogens (tertiary/aromatic N) is 5. The largest absolute Gasteiger partial charge is 0.481 e. The Morgan fingerprint density at radius 2 is 1.84 bits per heavy atom. The Labute approximate surface area is 255 Å². The third kappa shape index (κ3) is 16.1. The van der Waals surface area contributed by atoms with Gasteiger partial charge in [0.05, 0.1) is 46.1 Å². The molecule has 1 aromatic rings. The van der Waals surface area contributed by atoms with Gasteiger partial charge in [0.25, 0.3) is 0 Å². The van der Waals surface area contributed by atoms with Crippen molar-refractivity contribution >= 4 is 17.7 Å². The zero-order chi connectivity index (χ0) is 31.1. The molecular formula is C31H48N6O6. The number of carboxylic acid groups (broad SMARTS) is 1. The van der Waals surface area contributed by atoms with E-state index in [4.69, 9.17) is 24.7 Å². The number of carboxylic acids is 1. The number of unbranched alkanes of at least 4 members (excludes halogenated alkanes) is 3. The van der Waals surface area contributed by atoms with E-state index in [9.17, 15) is 14.7 Å². The Morgan fingerprint density at radius 1 is 1.12 bits per heavy atom. The van der Waals surface area contributed by atoms with Crippen molar-refractivity contribution in [2.24, 2.45) is 11.0 Å². The van der Waals surface area contributed by atoms with Crippen LogP contribution in [0.1, 0.15) is 56.2 Å². The van der Waals surface area contributed by atoms with E-state index < -0.39 is 5.97 Å². The number of aliphatic carboxylic acids is 1. The van der Waals surface area contributed by atoms with E-state index in [1.807, 2.05) is 0 Å². The van der Waals surface area contributed by atoms with Crippen LogP contribution in [0.4, 0.5) is 5.82 Å². The van der Waals surface area contributed by atoms with Crippen LogP contribution in [0.3, 0.4) is 0 Å². The number of anilines is 1. The summed E-state index contributed by atoms with van der Waals surface area (Å²) in [7, 11) is 1.69. The molecule has 0 radical (unpaired) electrons. The van der Waals surface area contributed by atoms with Gasteiger partial charge in [0.15, 0.2) is 0 Å². The summed E-state index contributed by atoms with van der Waals surface area (Å²) in [5.41, 5.74) is 11.2. The van der Waals surface area contributed by atoms with Gasteiger partial charge in [-0.2, -0.15) is 0 Å². The minimum atomic E-state index is -0.867. The molecule has 0 bridgehead atoms. The number of aromatic nitrogens is 1. The predicted molar refractivity (Wildman–Crippen MR) is 166 cm³/mol. The summed E-state index contributed by atoms with van der Waals surface area (Å²) in [6.45, 7) is 8.12. The van der Waals surface area contributed by atoms with Gasteiger partial charge in [-0.25, -0.2) is 4.98 Å². The number of nitrogens with one attached hydrogen (secondary N) is 1. The molecule has 0 aromatic carbocycles. The molecule has 0 fully saturated rings. The molecule has 2 heterocycles. The molecule has 0 unspecified atom stereocenters. The third-order valence-electron chi connectivity index (χ3n) is 7.16. The van der Waals surface area contributed by atoms with Crippen molar-refractivity contribution in [2.45, 2.75) is 57.8 Å². The number of allylic oxidation sites excluding steroid dienone is 2. The summed E-state index contributed by atoms with van der Waals surface area (Å²) < 4.78 is 16.1. The number of azide groups is 1. The summed E-state index contributed by atoms with van der Waals surface area (Å²) >= 11 is 0. The number of likely N-dealkylation sites (N-methyl/N-ethyl adjacent to an activating group) is 1. The van der Waals surface area contributed by atoms with Gasteiger partial charge in [0.2, 0.25) is 5.91 Å². The Morgan fingerprint density at radius 3 is 2.58 bits per heavy atom. The monoisotopic (exact) mass is 600 g/mol. The first-order valence-corrected chi connectivity index (χ1v) is 15.2. The maximum Gasteiger partial charge on any atom is 0.303 e. The van der Waals surface area contributed by atoms with Crippen LogP contribution >= 0.6 is 0 Å². The van der Waals surface area contributed by atoms with Gasteiger partial charge >= 0.3 is 5.97 Å². The molecule has 43 heavy (non-hydrogen) atoms. The number of aryl methyl sites for hydroxylation is 2. The highest BCUT2D eigenvalue weighted by atomic mass is 16.5. The molecule has 1 amide bonds. The number of hydrogen-bond donors (Lipinski definition) is 2. The van der Waals surface area contributed by atoms with Crippen molar-refractivity contribution in [1.82, 2.24) is 9.88 Å². The van der Waals surface area contributed by atoms with Gasteiger partial charge in [-0.05, 0) is 55.2 Å². The second kappa shape index (κ2) is 22.1. The summed E-state index contributed by atoms with van der Waals surface area (Å²) in [5, 5.41) is 16.2. The Bertz CT molecular complexity index is 1070. The van der Waals surface area contributed by atoms with E-state index in [0.717, 1.165) is 69.4 Å². The fourth-order valence-corrected chi connectivity index (χ4v) is 4.63. The van der Waals surface area contributed by atoms with Crippen LogP contribution in [-0.2, 0) is 36.6 Å². The molecule has 0 saturated carbocycles. The molecule has 2 rings (SSSR count). The van der Waals surface area contributed by atoms with Crippen LogP contribution in [0, 0.1) is 5.92 Å². The molecule has 1 atom stereocenters. The van der Waals surface area contributed by atoms with E-state index in [1.165, 1.54) is 11.6 Å². The molecule has 12 nitrogen and oxygen atoms in total. The van der Waals surface area contributed by atoms with Crippen molar-refractivity contribution in [2.75, 3.05) is 71.6 Å². The molecule has 238 valence electrons. The zero-order valence-electron chi connectivity index (χ0n) is 25.5. The van der Waals surface area contributed by atoms with E-state index in [2.05, 4.69) is 34.1 Å². The minimum absolute atomic E-state index is 0.00295. The van der Waals surface area contributed by atoms with Crippen LogP contribution in [-0.4, -0.2) is 93.2 Å². The lowest BCUT2D eigenvalue weighted by Gasteiger charge is -2.17. The number of pyridine rings is 1. The highest BCUT2D eigenvalue weighted by Crippen LogP contribution is 2.24. The fourth-order valence-electron chi connectivity index (χ4n) is 4.63. The van der Waals surface area contributed by atoms with Gasteiger partial charge in [0, 0.05) is 43.4 Å². The molecule has 0 spiro atoms. The number of fused-ring (bicyclic) bond motifs is 1. The van der Waals surface area contributed by atoms with Crippen molar-refractivity contribution in [3.8, 4) is 0 Å². The van der Waals surface area contributed by atoms with Crippen LogP contribution < -0.4 is 5.32 Å². The first kappa shape index (κ1) is 35.8. The molecule has 1 aromatic heterocycles. The van der Waals surface area contributed by atoms with Crippen molar-refractivity contribution in [1.29, 1.82) is 0 Å². The predicted octanol–water partition coefficient (Wildman–Crippen LogP) is 4.95. The van der Waals surface area contributed by atoms with Crippen LogP contribution in [0.25, 0.3) is 10.4 Å². The van der Waals surface area contributed by atoms with E-state index >= 15 is 0 Å². The van der Waals surface area contributed by atoms with Gasteiger partial charge in [-0.1, -0.05) is 48.7 Å². The maximum atomic E-state index is 12.5. The number of amides is 1. The van der Waals surface area contributed by atoms with Crippen LogP contribution in [0.15, 0.2) is 41.6 Å². The number of carbonyl (C=O) groups is 2. The molecule has 1 aliphatic heterocycles. The SMILES string of the molecule is C=C(/C=C\C(=O)N(C)CCOCCOCCOCCN=[N+]=[N-])[C@H](CCCCCCc1ccc2c(n1)NCCC2)CC(=O)O. The summed E-state index contributed by atoms with van der Waals surface area (Å²) in [4.78, 5) is 32.9. The molecule has 1 aliphatic rings. The third-order valence-corrected chi connectivity index (χ3v) is 7.16.